The van der Waals surface area contributed by atoms with Gasteiger partial charge in [-0.2, -0.15) is 0 Å². The summed E-state index contributed by atoms with van der Waals surface area (Å²) in [5, 5.41) is 8.68. The van der Waals surface area contributed by atoms with E-state index in [1.807, 2.05) is 6.07 Å². The van der Waals surface area contributed by atoms with Gasteiger partial charge in [-0.25, -0.2) is 4.79 Å². The van der Waals surface area contributed by atoms with Gasteiger partial charge in [-0.1, -0.05) is 18.2 Å². The van der Waals surface area contributed by atoms with Crippen LogP contribution in [-0.4, -0.2) is 14.5 Å². The summed E-state index contributed by atoms with van der Waals surface area (Å²) >= 11 is 5.76. The number of hydrogen-bond acceptors (Lipinski definition) is 2. The molecule has 1 rings (SSSR count). The Balaban J connectivity index is 2.75. The van der Waals surface area contributed by atoms with Gasteiger partial charge in [0.25, 0.3) is 0 Å². The summed E-state index contributed by atoms with van der Waals surface area (Å²) in [6, 6.07) is 8.67. The van der Waals surface area contributed by atoms with Crippen molar-refractivity contribution in [3.63, 3.8) is 0 Å². The predicted molar refractivity (Wildman–Crippen MR) is 55.3 cm³/mol. The summed E-state index contributed by atoms with van der Waals surface area (Å²) < 4.78 is 3.54. The molecule has 1 N–H and O–H groups in total. The average Bonchev–Trinajstić information content (AvgIpc) is 2.05. The molecule has 70 valence electrons. The molecule has 5 heteroatoms. The van der Waals surface area contributed by atoms with Gasteiger partial charge in [0, 0.05) is 0 Å². The van der Waals surface area contributed by atoms with E-state index in [-0.39, 0.29) is 0 Å². The Morgan fingerprint density at radius 1 is 1.31 bits per heavy atom. The third-order valence-corrected chi connectivity index (χ3v) is 2.24. The number of carboxylic acids is 1. The maximum absolute atomic E-state index is 10.6. The summed E-state index contributed by atoms with van der Waals surface area (Å²) in [7, 11) is 0. The topological polar surface area (TPSA) is 46.5 Å². The molecule has 0 atom stereocenters. The molecule has 0 saturated heterocycles. The summed E-state index contributed by atoms with van der Waals surface area (Å²) in [5.41, 5.74) is 0. The molecule has 0 unspecified atom stereocenters. The minimum Gasteiger partial charge on any atom is -0.477 e. The maximum atomic E-state index is 10.6. The number of halogens is 2. The van der Waals surface area contributed by atoms with Crippen LogP contribution in [0.15, 0.2) is 30.3 Å². The van der Waals surface area contributed by atoms with Crippen molar-refractivity contribution >= 4 is 37.8 Å². The first-order valence-electron chi connectivity index (χ1n) is 3.37. The molecule has 1 aromatic carbocycles. The molecular weight excluding hydrogens is 304 g/mol. The molecule has 1 aromatic rings. The third kappa shape index (κ3) is 3.00. The van der Waals surface area contributed by atoms with Crippen molar-refractivity contribution in [2.75, 3.05) is 0 Å². The van der Waals surface area contributed by atoms with Crippen LogP contribution in [0.1, 0.15) is 0 Å². The second-order valence-corrected chi connectivity index (χ2v) is 5.53. The van der Waals surface area contributed by atoms with Gasteiger partial charge in [-0.05, 0) is 44.0 Å². The number of aliphatic carboxylic acids is 1. The molecule has 0 saturated carbocycles. The van der Waals surface area contributed by atoms with Gasteiger partial charge in [0.05, 0.1) is 0 Å². The summed E-state index contributed by atoms with van der Waals surface area (Å²) in [6.07, 6.45) is 0. The first-order valence-corrected chi connectivity index (χ1v) is 4.96. The number of carboxylic acid groups (broad SMARTS) is 1. The zero-order valence-electron chi connectivity index (χ0n) is 6.41. The number of ether oxygens (including phenoxy) is 1. The van der Waals surface area contributed by atoms with E-state index in [1.54, 1.807) is 24.3 Å². The molecule has 0 aliphatic heterocycles. The van der Waals surface area contributed by atoms with Crippen molar-refractivity contribution < 1.29 is 14.6 Å². The van der Waals surface area contributed by atoms with Crippen molar-refractivity contribution in [3.8, 4) is 5.75 Å². The van der Waals surface area contributed by atoms with Crippen LogP contribution < -0.4 is 4.74 Å². The van der Waals surface area contributed by atoms with Gasteiger partial charge in [-0.3, -0.25) is 0 Å². The van der Waals surface area contributed by atoms with Crippen molar-refractivity contribution in [3.05, 3.63) is 30.3 Å². The standard InChI is InChI=1S/C8H6Br2O3/c9-8(10,7(11)12)13-6-4-2-1-3-5-6/h1-5H,(H,11,12). The molecule has 13 heavy (non-hydrogen) atoms. The summed E-state index contributed by atoms with van der Waals surface area (Å²) in [6.45, 7) is 0. The highest BCUT2D eigenvalue weighted by molar-refractivity contribution is 9.25. The average molecular weight is 310 g/mol. The monoisotopic (exact) mass is 308 g/mol. The Labute approximate surface area is 92.0 Å². The van der Waals surface area contributed by atoms with E-state index in [4.69, 9.17) is 9.84 Å². The van der Waals surface area contributed by atoms with Crippen LogP contribution in [0.5, 0.6) is 5.75 Å². The Hall–Kier alpha value is -0.550. The van der Waals surface area contributed by atoms with E-state index < -0.39 is 9.39 Å². The van der Waals surface area contributed by atoms with Gasteiger partial charge in [0.1, 0.15) is 5.75 Å². The molecule has 0 heterocycles. The molecule has 0 aliphatic rings. The molecule has 0 radical (unpaired) electrons. The lowest BCUT2D eigenvalue weighted by Gasteiger charge is -2.16. The van der Waals surface area contributed by atoms with Crippen molar-refractivity contribution in [2.45, 2.75) is 3.42 Å². The van der Waals surface area contributed by atoms with Gasteiger partial charge in [0.15, 0.2) is 0 Å². The first-order chi connectivity index (χ1) is 6.02. The number of hydrogen-bond donors (Lipinski definition) is 1. The summed E-state index contributed by atoms with van der Waals surface area (Å²) in [5.74, 6) is -0.671. The van der Waals surface area contributed by atoms with E-state index in [9.17, 15) is 4.79 Å². The Kier molecular flexibility index (Phi) is 3.33. The van der Waals surface area contributed by atoms with E-state index in [0.29, 0.717) is 5.75 Å². The molecule has 3 nitrogen and oxygen atoms in total. The second kappa shape index (κ2) is 4.11. The number of rotatable bonds is 3. The van der Waals surface area contributed by atoms with E-state index >= 15 is 0 Å². The first kappa shape index (κ1) is 10.5. The third-order valence-electron chi connectivity index (χ3n) is 1.24. The summed E-state index contributed by atoms with van der Waals surface area (Å²) in [4.78, 5) is 10.6. The Morgan fingerprint density at radius 2 is 1.85 bits per heavy atom. The molecule has 0 spiro atoms. The molecule has 0 bridgehead atoms. The maximum Gasteiger partial charge on any atom is 0.371 e. The molecular formula is C8H6Br2O3. The lowest BCUT2D eigenvalue weighted by molar-refractivity contribution is -0.141. The normalized spacial score (nSPS) is 10.9. The minimum atomic E-state index is -1.55. The molecule has 0 aliphatic carbocycles. The zero-order valence-corrected chi connectivity index (χ0v) is 9.58. The van der Waals surface area contributed by atoms with Crippen LogP contribution >= 0.6 is 31.9 Å². The highest BCUT2D eigenvalue weighted by atomic mass is 79.9. The van der Waals surface area contributed by atoms with Crippen LogP contribution in [0, 0.1) is 0 Å². The van der Waals surface area contributed by atoms with Crippen molar-refractivity contribution in [2.24, 2.45) is 0 Å². The Bertz CT molecular complexity index is 298. The quantitative estimate of drug-likeness (QED) is 0.873. The van der Waals surface area contributed by atoms with Gasteiger partial charge in [0.2, 0.25) is 0 Å². The van der Waals surface area contributed by atoms with Crippen molar-refractivity contribution in [1.29, 1.82) is 0 Å². The smallest absolute Gasteiger partial charge is 0.371 e. The second-order valence-electron chi connectivity index (χ2n) is 2.24. The largest absolute Gasteiger partial charge is 0.477 e. The number of alkyl halides is 2. The Morgan fingerprint density at radius 3 is 2.31 bits per heavy atom. The molecule has 0 fully saturated rings. The van der Waals surface area contributed by atoms with Crippen molar-refractivity contribution in [1.82, 2.24) is 0 Å². The SMILES string of the molecule is O=C(O)C(Br)(Br)Oc1ccccc1. The van der Waals surface area contributed by atoms with Crippen LogP contribution in [0.2, 0.25) is 0 Å². The van der Waals surface area contributed by atoms with Gasteiger partial charge in [-0.15, -0.1) is 0 Å². The van der Waals surface area contributed by atoms with E-state index in [0.717, 1.165) is 0 Å². The molecule has 0 amide bonds. The lowest BCUT2D eigenvalue weighted by Crippen LogP contribution is -2.30. The van der Waals surface area contributed by atoms with E-state index in [2.05, 4.69) is 31.9 Å². The minimum absolute atomic E-state index is 0.471. The predicted octanol–water partition coefficient (Wildman–Crippen LogP) is 2.59. The van der Waals surface area contributed by atoms with Crippen LogP contribution in [-0.2, 0) is 4.79 Å². The van der Waals surface area contributed by atoms with E-state index in [1.165, 1.54) is 0 Å². The van der Waals surface area contributed by atoms with Crippen LogP contribution in [0.25, 0.3) is 0 Å². The molecule has 0 aromatic heterocycles. The fraction of sp³-hybridized carbons (Fsp3) is 0.125. The van der Waals surface area contributed by atoms with Gasteiger partial charge < -0.3 is 9.84 Å². The number of benzene rings is 1. The van der Waals surface area contributed by atoms with Crippen LogP contribution in [0.4, 0.5) is 0 Å². The number of para-hydroxylation sites is 1. The lowest BCUT2D eigenvalue weighted by atomic mass is 10.3. The number of carbonyl (C=O) groups is 1. The fourth-order valence-electron chi connectivity index (χ4n) is 0.680. The highest BCUT2D eigenvalue weighted by Gasteiger charge is 2.34. The highest BCUT2D eigenvalue weighted by Crippen LogP contribution is 2.30. The fourth-order valence-corrected chi connectivity index (χ4v) is 1.05. The zero-order chi connectivity index (χ0) is 9.90. The van der Waals surface area contributed by atoms with Gasteiger partial charge >= 0.3 is 9.39 Å². The van der Waals surface area contributed by atoms with Crippen LogP contribution in [0.3, 0.4) is 0 Å².